The third-order valence-electron chi connectivity index (χ3n) is 7.35. The van der Waals surface area contributed by atoms with Gasteiger partial charge < -0.3 is 15.0 Å². The van der Waals surface area contributed by atoms with Gasteiger partial charge in [-0.05, 0) is 80.8 Å². The lowest BCUT2D eigenvalue weighted by Gasteiger charge is -2.29. The van der Waals surface area contributed by atoms with Crippen molar-refractivity contribution in [2.75, 3.05) is 0 Å². The number of rotatable bonds is 9. The van der Waals surface area contributed by atoms with Gasteiger partial charge in [0, 0.05) is 29.2 Å². The predicted octanol–water partition coefficient (Wildman–Crippen LogP) is 7.76. The minimum atomic E-state index is -0.342. The summed E-state index contributed by atoms with van der Waals surface area (Å²) in [4.78, 5) is 18.5. The van der Waals surface area contributed by atoms with E-state index in [9.17, 15) is 9.90 Å². The number of nitrogens with zero attached hydrogens (tertiary/aromatic N) is 2. The van der Waals surface area contributed by atoms with E-state index >= 15 is 0 Å². The monoisotopic (exact) mass is 539 g/mol. The number of phenolic OH excluding ortho intramolecular Hbond substituents is 1. The van der Waals surface area contributed by atoms with E-state index in [0.717, 1.165) is 54.2 Å². The molecule has 1 aliphatic rings. The number of halogens is 2. The molecule has 37 heavy (non-hydrogen) atoms. The Hall–Kier alpha value is -2.76. The van der Waals surface area contributed by atoms with Crippen LogP contribution in [0.3, 0.4) is 0 Å². The highest BCUT2D eigenvalue weighted by atomic mass is 35.5. The third kappa shape index (κ3) is 6.97. The molecular weight excluding hydrogens is 505 g/mol. The van der Waals surface area contributed by atoms with E-state index < -0.39 is 0 Å². The Morgan fingerprint density at radius 3 is 2.54 bits per heavy atom. The molecular formula is C30H35Cl2N3O2. The lowest BCUT2D eigenvalue weighted by molar-refractivity contribution is -0.127. The maximum Gasteiger partial charge on any atom is 0.223 e. The van der Waals surface area contributed by atoms with Gasteiger partial charge in [0.1, 0.15) is 11.6 Å². The van der Waals surface area contributed by atoms with Crippen molar-refractivity contribution in [1.29, 1.82) is 0 Å². The quantitative estimate of drug-likeness (QED) is 0.273. The molecule has 3 aromatic rings. The fourth-order valence-electron chi connectivity index (χ4n) is 5.10. The number of nitrogens with one attached hydrogen (secondary N) is 1. The van der Waals surface area contributed by atoms with E-state index in [0.29, 0.717) is 23.0 Å². The highest BCUT2D eigenvalue weighted by molar-refractivity contribution is 6.36. The molecule has 0 bridgehead atoms. The second-order valence-corrected chi connectivity index (χ2v) is 10.7. The molecule has 0 spiro atoms. The summed E-state index contributed by atoms with van der Waals surface area (Å²) in [7, 11) is 0. The van der Waals surface area contributed by atoms with Crippen LogP contribution in [0, 0.1) is 11.8 Å². The average molecular weight is 541 g/mol. The fourth-order valence-corrected chi connectivity index (χ4v) is 5.60. The van der Waals surface area contributed by atoms with Gasteiger partial charge in [-0.25, -0.2) is 4.98 Å². The molecule has 2 N–H and O–H groups in total. The number of imidazole rings is 1. The van der Waals surface area contributed by atoms with Crippen LogP contribution in [0.4, 0.5) is 0 Å². The van der Waals surface area contributed by atoms with Gasteiger partial charge in [-0.15, -0.1) is 0 Å². The van der Waals surface area contributed by atoms with E-state index in [2.05, 4.69) is 22.9 Å². The zero-order chi connectivity index (χ0) is 26.4. The standard InChI is InChI=1S/C30H35Cl2N3O2/c1-3-5-16-35-19-28(25-15-12-23(31)18-26(25)32)33-29(35)27(17-21-8-13-24(36)14-9-21)34-30(37)22-10-6-20(4-2)7-11-22/h3,5,8-9,12-15,18-20,22,27,36H,4,6-7,10-11,16-17H2,1-2H3,(H,34,37)/t20?,22?,27-/m0/s1. The van der Waals surface area contributed by atoms with Crippen LogP contribution in [0.15, 0.2) is 60.8 Å². The SMILES string of the molecule is CC=CCn1cc(-c2ccc(Cl)cc2Cl)nc1[C@H](Cc1ccc(O)cc1)NC(=O)C1CCC(CC)CC1. The van der Waals surface area contributed by atoms with Gasteiger partial charge in [-0.1, -0.05) is 60.8 Å². The van der Waals surface area contributed by atoms with Gasteiger partial charge in [-0.2, -0.15) is 0 Å². The number of amides is 1. The Morgan fingerprint density at radius 2 is 1.89 bits per heavy atom. The summed E-state index contributed by atoms with van der Waals surface area (Å²) in [6.07, 6.45) is 11.8. The Kier molecular flexibility index (Phi) is 9.33. The van der Waals surface area contributed by atoms with Crippen LogP contribution < -0.4 is 5.32 Å². The highest BCUT2D eigenvalue weighted by Crippen LogP contribution is 2.33. The Bertz CT molecular complexity index is 1230. The van der Waals surface area contributed by atoms with Crippen LogP contribution in [0.25, 0.3) is 11.3 Å². The third-order valence-corrected chi connectivity index (χ3v) is 7.90. The minimum Gasteiger partial charge on any atom is -0.508 e. The maximum absolute atomic E-state index is 13.5. The summed E-state index contributed by atoms with van der Waals surface area (Å²) in [6.45, 7) is 4.83. The van der Waals surface area contributed by atoms with Crippen LogP contribution in [0.5, 0.6) is 5.75 Å². The molecule has 0 radical (unpaired) electrons. The van der Waals surface area contributed by atoms with Crippen molar-refractivity contribution in [3.05, 3.63) is 82.2 Å². The van der Waals surface area contributed by atoms with Crippen molar-refractivity contribution < 1.29 is 9.90 Å². The molecule has 1 aromatic heterocycles. The number of benzene rings is 2. The smallest absolute Gasteiger partial charge is 0.223 e. The van der Waals surface area contributed by atoms with E-state index in [1.165, 1.54) is 6.42 Å². The summed E-state index contributed by atoms with van der Waals surface area (Å²) >= 11 is 12.6. The molecule has 1 saturated carbocycles. The second kappa shape index (κ2) is 12.7. The predicted molar refractivity (Wildman–Crippen MR) is 151 cm³/mol. The number of phenols is 1. The molecule has 1 fully saturated rings. The number of aromatic hydroxyl groups is 1. The number of aromatic nitrogens is 2. The van der Waals surface area contributed by atoms with Crippen molar-refractivity contribution in [2.45, 2.75) is 65.0 Å². The van der Waals surface area contributed by atoms with E-state index in [4.69, 9.17) is 28.2 Å². The largest absolute Gasteiger partial charge is 0.508 e. The highest BCUT2D eigenvalue weighted by Gasteiger charge is 2.29. The van der Waals surface area contributed by atoms with Crippen LogP contribution in [0.2, 0.25) is 10.0 Å². The first kappa shape index (κ1) is 27.3. The number of hydrogen-bond donors (Lipinski definition) is 2. The van der Waals surface area contributed by atoms with Crippen molar-refractivity contribution in [3.63, 3.8) is 0 Å². The number of carbonyl (C=O) groups is 1. The van der Waals surface area contributed by atoms with Gasteiger partial charge in [-0.3, -0.25) is 4.79 Å². The van der Waals surface area contributed by atoms with Crippen molar-refractivity contribution in [3.8, 4) is 17.0 Å². The van der Waals surface area contributed by atoms with Crippen LogP contribution in [-0.2, 0) is 17.8 Å². The molecule has 7 heteroatoms. The summed E-state index contributed by atoms with van der Waals surface area (Å²) < 4.78 is 2.07. The van der Waals surface area contributed by atoms with Gasteiger partial charge in [0.15, 0.2) is 0 Å². The average Bonchev–Trinajstić information content (AvgIpc) is 3.32. The second-order valence-electron chi connectivity index (χ2n) is 9.89. The van der Waals surface area contributed by atoms with Crippen molar-refractivity contribution >= 4 is 29.1 Å². The molecule has 196 valence electrons. The molecule has 1 atom stereocenters. The Morgan fingerprint density at radius 1 is 1.16 bits per heavy atom. The van der Waals surface area contributed by atoms with Crippen molar-refractivity contribution in [2.24, 2.45) is 11.8 Å². The molecule has 5 nitrogen and oxygen atoms in total. The fraction of sp³-hybridized carbons (Fsp3) is 0.400. The van der Waals surface area contributed by atoms with E-state index in [-0.39, 0.29) is 23.6 Å². The van der Waals surface area contributed by atoms with Crippen LogP contribution in [-0.4, -0.2) is 20.6 Å². The molecule has 0 unspecified atom stereocenters. The van der Waals surface area contributed by atoms with E-state index in [1.807, 2.05) is 37.4 Å². The zero-order valence-corrected chi connectivity index (χ0v) is 23.0. The normalized spacial score (nSPS) is 18.7. The first-order valence-corrected chi connectivity index (χ1v) is 13.9. The van der Waals surface area contributed by atoms with Gasteiger partial charge >= 0.3 is 0 Å². The summed E-state index contributed by atoms with van der Waals surface area (Å²) in [5.74, 6) is 1.82. The molecule has 1 aliphatic carbocycles. The summed E-state index contributed by atoms with van der Waals surface area (Å²) in [6, 6.07) is 12.2. The van der Waals surface area contributed by atoms with E-state index in [1.54, 1.807) is 24.3 Å². The maximum atomic E-state index is 13.5. The summed E-state index contributed by atoms with van der Waals surface area (Å²) in [5, 5.41) is 14.2. The lowest BCUT2D eigenvalue weighted by atomic mass is 9.80. The molecule has 4 rings (SSSR count). The Labute approximate surface area is 229 Å². The van der Waals surface area contributed by atoms with Crippen molar-refractivity contribution in [1.82, 2.24) is 14.9 Å². The minimum absolute atomic E-state index is 0.0225. The molecule has 0 aliphatic heterocycles. The zero-order valence-electron chi connectivity index (χ0n) is 21.5. The molecule has 1 amide bonds. The number of allylic oxidation sites excluding steroid dienone is 2. The topological polar surface area (TPSA) is 67.2 Å². The van der Waals surface area contributed by atoms with Gasteiger partial charge in [0.05, 0.1) is 16.8 Å². The van der Waals surface area contributed by atoms with Crippen LogP contribution >= 0.6 is 23.2 Å². The number of carbonyl (C=O) groups excluding carboxylic acids is 1. The van der Waals surface area contributed by atoms with Gasteiger partial charge in [0.25, 0.3) is 0 Å². The molecule has 1 heterocycles. The summed E-state index contributed by atoms with van der Waals surface area (Å²) in [5.41, 5.74) is 2.53. The van der Waals surface area contributed by atoms with Gasteiger partial charge in [0.2, 0.25) is 5.91 Å². The first-order valence-electron chi connectivity index (χ1n) is 13.1. The van der Waals surface area contributed by atoms with Crippen LogP contribution in [0.1, 0.15) is 63.4 Å². The number of hydrogen-bond acceptors (Lipinski definition) is 3. The first-order chi connectivity index (χ1) is 17.9. The molecule has 2 aromatic carbocycles. The molecule has 0 saturated heterocycles. The Balaban J connectivity index is 1.68. The lowest BCUT2D eigenvalue weighted by Crippen LogP contribution is -2.37.